The van der Waals surface area contributed by atoms with E-state index in [1.165, 1.54) is 15.6 Å². The van der Waals surface area contributed by atoms with E-state index in [1.54, 1.807) is 31.7 Å². The van der Waals surface area contributed by atoms with Gasteiger partial charge in [0, 0.05) is 20.7 Å². The first-order valence-corrected chi connectivity index (χ1v) is 6.40. The summed E-state index contributed by atoms with van der Waals surface area (Å²) in [4.78, 5) is 0. The minimum Gasteiger partial charge on any atom is -0.383 e. The summed E-state index contributed by atoms with van der Waals surface area (Å²) in [6, 6.07) is 3.32. The van der Waals surface area contributed by atoms with Gasteiger partial charge >= 0.3 is 0 Å². The molecule has 14 heavy (non-hydrogen) atoms. The van der Waals surface area contributed by atoms with Crippen molar-refractivity contribution < 1.29 is 13.2 Å². The first-order chi connectivity index (χ1) is 6.59. The van der Waals surface area contributed by atoms with Crippen LogP contribution in [0.1, 0.15) is 0 Å². The summed E-state index contributed by atoms with van der Waals surface area (Å²) in [5.41, 5.74) is 0. The van der Waals surface area contributed by atoms with Crippen molar-refractivity contribution in [3.05, 3.63) is 17.5 Å². The van der Waals surface area contributed by atoms with Crippen LogP contribution in [0.15, 0.2) is 21.7 Å². The summed E-state index contributed by atoms with van der Waals surface area (Å²) in [6.45, 7) is 0.776. The highest BCUT2D eigenvalue weighted by Gasteiger charge is 2.20. The van der Waals surface area contributed by atoms with Crippen molar-refractivity contribution in [2.45, 2.75) is 4.21 Å². The molecule has 0 unspecified atom stereocenters. The summed E-state index contributed by atoms with van der Waals surface area (Å²) in [6.07, 6.45) is 0. The largest absolute Gasteiger partial charge is 0.383 e. The fourth-order valence-corrected chi connectivity index (χ4v) is 3.26. The van der Waals surface area contributed by atoms with Crippen LogP contribution in [-0.2, 0) is 14.8 Å². The standard InChI is InChI=1S/C8H13NO3S2/c1-9(5-6-12-2)14(10,11)8-4-3-7-13-8/h3-4,7H,5-6H2,1-2H3. The maximum Gasteiger partial charge on any atom is 0.252 e. The Morgan fingerprint density at radius 3 is 2.79 bits per heavy atom. The molecule has 0 fully saturated rings. The van der Waals surface area contributed by atoms with Crippen molar-refractivity contribution in [3.8, 4) is 0 Å². The number of thiophene rings is 1. The van der Waals surface area contributed by atoms with Gasteiger partial charge in [-0.05, 0) is 11.4 Å². The summed E-state index contributed by atoms with van der Waals surface area (Å²) in [7, 11) is -0.199. The molecule has 0 N–H and O–H groups in total. The number of methoxy groups -OCH3 is 1. The monoisotopic (exact) mass is 235 g/mol. The fraction of sp³-hybridized carbons (Fsp3) is 0.500. The Hall–Kier alpha value is -0.430. The highest BCUT2D eigenvalue weighted by molar-refractivity contribution is 7.91. The van der Waals surface area contributed by atoms with Crippen molar-refractivity contribution in [3.63, 3.8) is 0 Å². The number of sulfonamides is 1. The Morgan fingerprint density at radius 2 is 2.29 bits per heavy atom. The Bertz CT molecular complexity index is 358. The molecule has 1 aromatic heterocycles. The van der Waals surface area contributed by atoms with Crippen LogP contribution in [0.2, 0.25) is 0 Å². The van der Waals surface area contributed by atoms with E-state index in [2.05, 4.69) is 0 Å². The minimum atomic E-state index is -3.30. The topological polar surface area (TPSA) is 46.6 Å². The smallest absolute Gasteiger partial charge is 0.252 e. The maximum absolute atomic E-state index is 11.8. The molecule has 1 aromatic rings. The molecule has 0 atom stereocenters. The van der Waals surface area contributed by atoms with Crippen LogP contribution < -0.4 is 0 Å². The normalized spacial score (nSPS) is 12.2. The molecule has 0 aliphatic heterocycles. The first kappa shape index (κ1) is 11.6. The van der Waals surface area contributed by atoms with E-state index in [4.69, 9.17) is 4.74 Å². The number of ether oxygens (including phenoxy) is 1. The highest BCUT2D eigenvalue weighted by Crippen LogP contribution is 2.19. The summed E-state index contributed by atoms with van der Waals surface area (Å²) in [5, 5.41) is 1.75. The molecule has 0 radical (unpaired) electrons. The predicted molar refractivity (Wildman–Crippen MR) is 56.0 cm³/mol. The van der Waals surface area contributed by atoms with Crippen LogP contribution in [0.3, 0.4) is 0 Å². The zero-order valence-corrected chi connectivity index (χ0v) is 9.77. The third kappa shape index (κ3) is 2.54. The molecule has 0 amide bonds. The van der Waals surface area contributed by atoms with Crippen LogP contribution in [0.4, 0.5) is 0 Å². The molecule has 4 nitrogen and oxygen atoms in total. The Balaban J connectivity index is 2.76. The molecule has 0 aromatic carbocycles. The second kappa shape index (κ2) is 4.88. The lowest BCUT2D eigenvalue weighted by Crippen LogP contribution is -2.29. The van der Waals surface area contributed by atoms with Crippen LogP contribution in [-0.4, -0.2) is 40.0 Å². The molecule has 80 valence electrons. The van der Waals surface area contributed by atoms with Gasteiger partial charge < -0.3 is 4.74 Å². The molecule has 0 aliphatic carbocycles. The first-order valence-electron chi connectivity index (χ1n) is 4.08. The molecule has 0 spiro atoms. The van der Waals surface area contributed by atoms with Gasteiger partial charge in [-0.15, -0.1) is 11.3 Å². The van der Waals surface area contributed by atoms with Crippen LogP contribution in [0.25, 0.3) is 0 Å². The predicted octanol–water partition coefficient (Wildman–Crippen LogP) is 1.02. The molecule has 6 heteroatoms. The molecule has 1 heterocycles. The van der Waals surface area contributed by atoms with Crippen LogP contribution in [0, 0.1) is 0 Å². The third-order valence-corrected chi connectivity index (χ3v) is 5.00. The minimum absolute atomic E-state index is 0.371. The average molecular weight is 235 g/mol. The zero-order valence-electron chi connectivity index (χ0n) is 8.13. The van der Waals surface area contributed by atoms with Gasteiger partial charge in [-0.1, -0.05) is 6.07 Å². The van der Waals surface area contributed by atoms with Gasteiger partial charge in [-0.2, -0.15) is 4.31 Å². The molecule has 0 bridgehead atoms. The average Bonchev–Trinajstić information content (AvgIpc) is 2.67. The lowest BCUT2D eigenvalue weighted by atomic mass is 10.7. The Labute approximate surface area is 88.2 Å². The molecular formula is C8H13NO3S2. The van der Waals surface area contributed by atoms with Gasteiger partial charge in [-0.25, -0.2) is 8.42 Å². The lowest BCUT2D eigenvalue weighted by molar-refractivity contribution is 0.185. The molecule has 1 rings (SSSR count). The van der Waals surface area contributed by atoms with E-state index in [9.17, 15) is 8.42 Å². The number of hydrogen-bond acceptors (Lipinski definition) is 4. The van der Waals surface area contributed by atoms with E-state index in [-0.39, 0.29) is 0 Å². The Morgan fingerprint density at radius 1 is 1.57 bits per heavy atom. The summed E-state index contributed by atoms with van der Waals surface area (Å²) in [5.74, 6) is 0. The van der Waals surface area contributed by atoms with E-state index in [1.807, 2.05) is 0 Å². The van der Waals surface area contributed by atoms with Crippen molar-refractivity contribution in [1.29, 1.82) is 0 Å². The van der Waals surface area contributed by atoms with Gasteiger partial charge in [0.05, 0.1) is 6.61 Å². The van der Waals surface area contributed by atoms with Crippen molar-refractivity contribution in [2.24, 2.45) is 0 Å². The number of rotatable bonds is 5. The van der Waals surface area contributed by atoms with E-state index in [0.717, 1.165) is 0 Å². The van der Waals surface area contributed by atoms with Gasteiger partial charge in [0.15, 0.2) is 0 Å². The van der Waals surface area contributed by atoms with E-state index >= 15 is 0 Å². The second-order valence-electron chi connectivity index (χ2n) is 2.75. The van der Waals surface area contributed by atoms with Crippen molar-refractivity contribution >= 4 is 21.4 Å². The van der Waals surface area contributed by atoms with E-state index < -0.39 is 10.0 Å². The quantitative estimate of drug-likeness (QED) is 0.765. The maximum atomic E-state index is 11.8. The van der Waals surface area contributed by atoms with Crippen LogP contribution in [0.5, 0.6) is 0 Å². The molecular weight excluding hydrogens is 222 g/mol. The molecule has 0 aliphatic rings. The highest BCUT2D eigenvalue weighted by atomic mass is 32.2. The number of nitrogens with zero attached hydrogens (tertiary/aromatic N) is 1. The second-order valence-corrected chi connectivity index (χ2v) is 5.97. The number of likely N-dealkylation sites (N-methyl/N-ethyl adjacent to an activating group) is 1. The summed E-state index contributed by atoms with van der Waals surface area (Å²) >= 11 is 1.22. The lowest BCUT2D eigenvalue weighted by Gasteiger charge is -2.14. The van der Waals surface area contributed by atoms with Gasteiger partial charge in [-0.3, -0.25) is 0 Å². The Kier molecular flexibility index (Phi) is 4.06. The molecule has 0 saturated carbocycles. The zero-order chi connectivity index (χ0) is 10.6. The summed E-state index contributed by atoms with van der Waals surface area (Å²) < 4.78 is 30.0. The van der Waals surface area contributed by atoms with Crippen molar-refractivity contribution in [1.82, 2.24) is 4.31 Å². The van der Waals surface area contributed by atoms with E-state index in [0.29, 0.717) is 17.4 Å². The van der Waals surface area contributed by atoms with Gasteiger partial charge in [0.1, 0.15) is 4.21 Å². The SMILES string of the molecule is COCCN(C)S(=O)(=O)c1cccs1. The third-order valence-electron chi connectivity index (χ3n) is 1.77. The molecule has 0 saturated heterocycles. The van der Waals surface area contributed by atoms with Gasteiger partial charge in [0.25, 0.3) is 10.0 Å². The fourth-order valence-electron chi connectivity index (χ4n) is 0.904. The van der Waals surface area contributed by atoms with Crippen molar-refractivity contribution in [2.75, 3.05) is 27.3 Å². The number of hydrogen-bond donors (Lipinski definition) is 0. The van der Waals surface area contributed by atoms with Gasteiger partial charge in [0.2, 0.25) is 0 Å². The van der Waals surface area contributed by atoms with Crippen LogP contribution >= 0.6 is 11.3 Å².